The van der Waals surface area contributed by atoms with Gasteiger partial charge >= 0.3 is 6.09 Å². The van der Waals surface area contributed by atoms with E-state index in [1.807, 2.05) is 52.1 Å². The van der Waals surface area contributed by atoms with Crippen LogP contribution in [-0.2, 0) is 20.8 Å². The van der Waals surface area contributed by atoms with E-state index >= 15 is 0 Å². The third-order valence-corrected chi connectivity index (χ3v) is 5.25. The molecule has 1 aromatic carbocycles. The fourth-order valence-corrected chi connectivity index (χ4v) is 3.98. The Morgan fingerprint density at radius 1 is 1.33 bits per heavy atom. The first-order valence-corrected chi connectivity index (χ1v) is 11.2. The number of benzene rings is 1. The molecule has 1 saturated heterocycles. The predicted molar refractivity (Wildman–Crippen MR) is 120 cm³/mol. The number of carbonyl (C=O) groups excluding carboxylic acids is 1. The van der Waals surface area contributed by atoms with Crippen molar-refractivity contribution in [3.05, 3.63) is 29.4 Å². The number of carbonyl (C=O) groups is 1. The smallest absolute Gasteiger partial charge is 0.414 e. The van der Waals surface area contributed by atoms with Gasteiger partial charge in [0, 0.05) is 31.3 Å². The third kappa shape index (κ3) is 5.68. The minimum absolute atomic E-state index is 0.112. The van der Waals surface area contributed by atoms with Gasteiger partial charge in [-0.05, 0) is 58.6 Å². The number of amides is 1. The van der Waals surface area contributed by atoms with Crippen molar-refractivity contribution < 1.29 is 19.0 Å². The van der Waals surface area contributed by atoms with E-state index in [9.17, 15) is 4.79 Å². The number of aromatic nitrogens is 1. The van der Waals surface area contributed by atoms with Crippen LogP contribution < -0.4 is 4.90 Å². The van der Waals surface area contributed by atoms with Gasteiger partial charge in [0.05, 0.1) is 22.8 Å². The number of anilines is 1. The van der Waals surface area contributed by atoms with E-state index in [2.05, 4.69) is 4.57 Å². The summed E-state index contributed by atoms with van der Waals surface area (Å²) in [4.78, 5) is 14.6. The number of rotatable bonds is 7. The van der Waals surface area contributed by atoms with Crippen LogP contribution >= 0.6 is 11.6 Å². The van der Waals surface area contributed by atoms with Gasteiger partial charge in [0.25, 0.3) is 0 Å². The second-order valence-electron chi connectivity index (χ2n) is 8.64. The van der Waals surface area contributed by atoms with Crippen molar-refractivity contribution in [2.24, 2.45) is 0 Å². The van der Waals surface area contributed by atoms with E-state index in [0.717, 1.165) is 48.9 Å². The van der Waals surface area contributed by atoms with E-state index in [1.165, 1.54) is 0 Å². The maximum atomic E-state index is 12.9. The Hall–Kier alpha value is -1.76. The molecule has 0 radical (unpaired) electrons. The van der Waals surface area contributed by atoms with Gasteiger partial charge in [-0.3, -0.25) is 4.90 Å². The number of hydrogen-bond acceptors (Lipinski definition) is 4. The summed E-state index contributed by atoms with van der Waals surface area (Å²) in [6.07, 6.45) is 5.43. The van der Waals surface area contributed by atoms with Gasteiger partial charge in [-0.2, -0.15) is 0 Å². The van der Waals surface area contributed by atoms with E-state index in [4.69, 9.17) is 25.8 Å². The van der Waals surface area contributed by atoms with Gasteiger partial charge in [0.2, 0.25) is 0 Å². The number of hydrogen-bond donors (Lipinski definition) is 0. The second-order valence-corrected chi connectivity index (χ2v) is 9.05. The van der Waals surface area contributed by atoms with E-state index in [1.54, 1.807) is 4.90 Å². The number of ether oxygens (including phenoxy) is 3. The Morgan fingerprint density at radius 2 is 2.13 bits per heavy atom. The lowest BCUT2D eigenvalue weighted by molar-refractivity contribution is -0.163. The Labute approximate surface area is 184 Å². The molecule has 6 nitrogen and oxygen atoms in total. The lowest BCUT2D eigenvalue weighted by Gasteiger charge is -2.28. The van der Waals surface area contributed by atoms with Crippen LogP contribution in [0.15, 0.2) is 24.4 Å². The molecule has 1 aromatic heterocycles. The summed E-state index contributed by atoms with van der Waals surface area (Å²) in [5, 5.41) is 1.46. The number of nitrogens with zero attached hydrogens (tertiary/aromatic N) is 2. The molecule has 0 spiro atoms. The van der Waals surface area contributed by atoms with Crippen LogP contribution in [0.2, 0.25) is 5.02 Å². The highest BCUT2D eigenvalue weighted by Crippen LogP contribution is 2.35. The first-order chi connectivity index (χ1) is 14.3. The van der Waals surface area contributed by atoms with Crippen molar-refractivity contribution in [1.29, 1.82) is 0 Å². The number of fused-ring (bicyclic) bond motifs is 1. The topological polar surface area (TPSA) is 52.9 Å². The Bertz CT molecular complexity index is 853. The van der Waals surface area contributed by atoms with Crippen molar-refractivity contribution in [2.75, 3.05) is 24.7 Å². The lowest BCUT2D eigenvalue weighted by atomic mass is 10.2. The summed E-state index contributed by atoms with van der Waals surface area (Å²) >= 11 is 6.63. The highest BCUT2D eigenvalue weighted by Gasteiger charge is 2.25. The molecule has 2 aromatic rings. The highest BCUT2D eigenvalue weighted by atomic mass is 35.5. The Morgan fingerprint density at radius 3 is 2.80 bits per heavy atom. The zero-order chi connectivity index (χ0) is 21.7. The molecule has 1 atom stereocenters. The minimum Gasteiger partial charge on any atom is -0.443 e. The summed E-state index contributed by atoms with van der Waals surface area (Å²) in [6.45, 7) is 10.2. The van der Waals surface area contributed by atoms with Gasteiger partial charge in [-0.15, -0.1) is 0 Å². The average Bonchev–Trinajstić information content (AvgIpc) is 3.02. The quantitative estimate of drug-likeness (QED) is 0.535. The summed E-state index contributed by atoms with van der Waals surface area (Å²) in [5.74, 6) is 0. The molecule has 1 unspecified atom stereocenters. The molecule has 166 valence electrons. The standard InChI is InChI=1S/C23H33ClN2O4/c1-5-12-26(22(27)30-23(2,3)4)19-10-8-9-18-21(19)17(24)16-25(18)13-15-29-20-11-6-7-14-28-20/h8-10,16,20H,5-7,11-15H2,1-4H3. The largest absolute Gasteiger partial charge is 0.443 e. The van der Waals surface area contributed by atoms with Gasteiger partial charge in [0.1, 0.15) is 5.60 Å². The first kappa shape index (κ1) is 22.9. The van der Waals surface area contributed by atoms with E-state index < -0.39 is 5.60 Å². The van der Waals surface area contributed by atoms with Crippen LogP contribution in [0.5, 0.6) is 0 Å². The SMILES string of the molecule is CCCN(C(=O)OC(C)(C)C)c1cccc2c1c(Cl)cn2CCOC1CCCCO1. The molecule has 1 fully saturated rings. The molecule has 0 N–H and O–H groups in total. The maximum absolute atomic E-state index is 12.9. The van der Waals surface area contributed by atoms with Crippen molar-refractivity contribution in [3.63, 3.8) is 0 Å². The van der Waals surface area contributed by atoms with Crippen LogP contribution in [-0.4, -0.2) is 42.3 Å². The summed E-state index contributed by atoms with van der Waals surface area (Å²) in [5.41, 5.74) is 1.17. The fourth-order valence-electron chi connectivity index (χ4n) is 3.67. The normalized spacial score (nSPS) is 17.3. The zero-order valence-corrected chi connectivity index (χ0v) is 19.2. The predicted octanol–water partition coefficient (Wildman–Crippen LogP) is 5.99. The molecular formula is C23H33ClN2O4. The second kappa shape index (κ2) is 10.0. The van der Waals surface area contributed by atoms with Gasteiger partial charge in [0.15, 0.2) is 6.29 Å². The molecule has 1 aliphatic heterocycles. The number of halogens is 1. The molecular weight excluding hydrogens is 404 g/mol. The Balaban J connectivity index is 1.82. The molecule has 7 heteroatoms. The van der Waals surface area contributed by atoms with Crippen molar-refractivity contribution in [1.82, 2.24) is 4.57 Å². The minimum atomic E-state index is -0.564. The van der Waals surface area contributed by atoms with Crippen LogP contribution in [0.3, 0.4) is 0 Å². The fraction of sp³-hybridized carbons (Fsp3) is 0.609. The molecule has 0 saturated carbocycles. The maximum Gasteiger partial charge on any atom is 0.414 e. The summed E-state index contributed by atoms with van der Waals surface area (Å²) in [7, 11) is 0. The first-order valence-electron chi connectivity index (χ1n) is 10.8. The van der Waals surface area contributed by atoms with Crippen molar-refractivity contribution >= 4 is 34.3 Å². The van der Waals surface area contributed by atoms with Crippen LogP contribution in [0.1, 0.15) is 53.4 Å². The molecule has 1 amide bonds. The van der Waals surface area contributed by atoms with Gasteiger partial charge in [-0.1, -0.05) is 24.6 Å². The molecule has 0 bridgehead atoms. The average molecular weight is 437 g/mol. The molecule has 0 aliphatic carbocycles. The molecule has 2 heterocycles. The van der Waals surface area contributed by atoms with Crippen molar-refractivity contribution in [2.45, 2.75) is 71.8 Å². The van der Waals surface area contributed by atoms with E-state index in [0.29, 0.717) is 24.7 Å². The molecule has 30 heavy (non-hydrogen) atoms. The Kier molecular flexibility index (Phi) is 7.66. The van der Waals surface area contributed by atoms with E-state index in [-0.39, 0.29) is 12.4 Å². The lowest BCUT2D eigenvalue weighted by Crippen LogP contribution is -2.37. The summed E-state index contributed by atoms with van der Waals surface area (Å²) < 4.78 is 19.2. The van der Waals surface area contributed by atoms with Crippen LogP contribution in [0, 0.1) is 0 Å². The van der Waals surface area contributed by atoms with Crippen LogP contribution in [0.4, 0.5) is 10.5 Å². The molecule has 3 rings (SSSR count). The summed E-state index contributed by atoms with van der Waals surface area (Å²) in [6, 6.07) is 5.88. The monoisotopic (exact) mass is 436 g/mol. The third-order valence-electron chi connectivity index (χ3n) is 4.96. The molecule has 1 aliphatic rings. The zero-order valence-electron chi connectivity index (χ0n) is 18.4. The van der Waals surface area contributed by atoms with Crippen molar-refractivity contribution in [3.8, 4) is 0 Å². The van der Waals surface area contributed by atoms with Crippen LogP contribution in [0.25, 0.3) is 10.9 Å². The highest BCUT2D eigenvalue weighted by molar-refractivity contribution is 6.37. The van der Waals surface area contributed by atoms with Gasteiger partial charge in [-0.25, -0.2) is 4.79 Å². The van der Waals surface area contributed by atoms with Gasteiger partial charge < -0.3 is 18.8 Å².